The van der Waals surface area contributed by atoms with Crippen LogP contribution in [0.3, 0.4) is 0 Å². The van der Waals surface area contributed by atoms with Gasteiger partial charge in [-0.2, -0.15) is 0 Å². The molecule has 1 aromatic heterocycles. The summed E-state index contributed by atoms with van der Waals surface area (Å²) in [6.45, 7) is 5.85. The van der Waals surface area contributed by atoms with E-state index in [4.69, 9.17) is 4.74 Å². The zero-order chi connectivity index (χ0) is 12.5. The molecule has 0 fully saturated rings. The van der Waals surface area contributed by atoms with E-state index >= 15 is 0 Å². The van der Waals surface area contributed by atoms with Crippen LogP contribution in [0.1, 0.15) is 20.8 Å². The summed E-state index contributed by atoms with van der Waals surface area (Å²) in [5, 5.41) is 1.08. The van der Waals surface area contributed by atoms with Gasteiger partial charge in [0.2, 0.25) is 0 Å². The van der Waals surface area contributed by atoms with Crippen LogP contribution in [0.15, 0.2) is 30.5 Å². The van der Waals surface area contributed by atoms with Gasteiger partial charge in [-0.15, -0.1) is 0 Å². The van der Waals surface area contributed by atoms with Crippen LogP contribution < -0.4 is 0 Å². The second kappa shape index (κ2) is 4.24. The fourth-order valence-electron chi connectivity index (χ4n) is 1.73. The van der Waals surface area contributed by atoms with Gasteiger partial charge in [-0.3, -0.25) is 4.79 Å². The van der Waals surface area contributed by atoms with Crippen molar-refractivity contribution in [1.82, 2.24) is 4.57 Å². The highest BCUT2D eigenvalue weighted by atomic mass is 16.6. The SMILES string of the molecule is CC(C)(C)OC(=O)Cn1ccc2c[c]ccc21. The third kappa shape index (κ3) is 2.87. The van der Waals surface area contributed by atoms with Crippen LogP contribution in [0.5, 0.6) is 0 Å². The molecule has 2 aromatic rings. The molecule has 0 amide bonds. The van der Waals surface area contributed by atoms with Crippen LogP contribution in [0.4, 0.5) is 0 Å². The van der Waals surface area contributed by atoms with E-state index in [-0.39, 0.29) is 12.5 Å². The van der Waals surface area contributed by atoms with E-state index in [1.165, 1.54) is 0 Å². The van der Waals surface area contributed by atoms with Crippen LogP contribution in [0, 0.1) is 6.07 Å². The van der Waals surface area contributed by atoms with Gasteiger partial charge in [0.25, 0.3) is 0 Å². The number of hydrogen-bond donors (Lipinski definition) is 0. The maximum atomic E-state index is 11.7. The highest BCUT2D eigenvalue weighted by Crippen LogP contribution is 2.15. The van der Waals surface area contributed by atoms with Crippen molar-refractivity contribution in [2.24, 2.45) is 0 Å². The molecule has 1 heterocycles. The number of benzene rings is 1. The van der Waals surface area contributed by atoms with Gasteiger partial charge in [-0.1, -0.05) is 6.07 Å². The Balaban J connectivity index is 2.16. The number of hydrogen-bond acceptors (Lipinski definition) is 2. The fraction of sp³-hybridized carbons (Fsp3) is 0.357. The molecule has 0 spiro atoms. The quantitative estimate of drug-likeness (QED) is 0.743. The first kappa shape index (κ1) is 11.7. The Morgan fingerprint density at radius 2 is 2.18 bits per heavy atom. The number of carbonyl (C=O) groups is 1. The van der Waals surface area contributed by atoms with Crippen molar-refractivity contribution in [3.8, 4) is 0 Å². The van der Waals surface area contributed by atoms with E-state index in [0.29, 0.717) is 0 Å². The number of carbonyl (C=O) groups excluding carboxylic acids is 1. The van der Waals surface area contributed by atoms with Crippen LogP contribution >= 0.6 is 0 Å². The van der Waals surface area contributed by atoms with Crippen LogP contribution in [0.25, 0.3) is 10.9 Å². The molecule has 1 radical (unpaired) electrons. The smallest absolute Gasteiger partial charge is 0.326 e. The molecule has 1 aromatic carbocycles. The van der Waals surface area contributed by atoms with Crippen molar-refractivity contribution in [3.63, 3.8) is 0 Å². The van der Waals surface area contributed by atoms with E-state index in [1.807, 2.05) is 55.8 Å². The van der Waals surface area contributed by atoms with Crippen molar-refractivity contribution in [1.29, 1.82) is 0 Å². The minimum atomic E-state index is -0.437. The Hall–Kier alpha value is -1.77. The van der Waals surface area contributed by atoms with Gasteiger partial charge in [-0.05, 0) is 45.0 Å². The summed E-state index contributed by atoms with van der Waals surface area (Å²) < 4.78 is 7.18. The fourth-order valence-corrected chi connectivity index (χ4v) is 1.73. The molecule has 0 atom stereocenters. The Morgan fingerprint density at radius 3 is 2.88 bits per heavy atom. The van der Waals surface area contributed by atoms with E-state index in [1.54, 1.807) is 0 Å². The molecule has 0 aliphatic carbocycles. The van der Waals surface area contributed by atoms with Crippen LogP contribution in [0.2, 0.25) is 0 Å². The van der Waals surface area contributed by atoms with E-state index in [9.17, 15) is 4.79 Å². The summed E-state index contributed by atoms with van der Waals surface area (Å²) in [6, 6.07) is 10.7. The number of rotatable bonds is 2. The van der Waals surface area contributed by atoms with E-state index < -0.39 is 5.60 Å². The lowest BCUT2D eigenvalue weighted by Gasteiger charge is -2.19. The van der Waals surface area contributed by atoms with Crippen molar-refractivity contribution in [2.75, 3.05) is 0 Å². The predicted octanol–water partition coefficient (Wildman–Crippen LogP) is 2.78. The zero-order valence-corrected chi connectivity index (χ0v) is 10.4. The van der Waals surface area contributed by atoms with Gasteiger partial charge in [-0.25, -0.2) is 0 Å². The molecule has 2 rings (SSSR count). The maximum absolute atomic E-state index is 11.7. The van der Waals surface area contributed by atoms with Gasteiger partial charge in [0.05, 0.1) is 0 Å². The van der Waals surface area contributed by atoms with Gasteiger partial charge in [0.1, 0.15) is 12.1 Å². The molecule has 0 N–H and O–H groups in total. The molecule has 89 valence electrons. The average Bonchev–Trinajstić information content (AvgIpc) is 2.59. The minimum Gasteiger partial charge on any atom is -0.459 e. The largest absolute Gasteiger partial charge is 0.459 e. The molecular formula is C14H16NO2. The first-order valence-corrected chi connectivity index (χ1v) is 5.62. The highest BCUT2D eigenvalue weighted by molar-refractivity contribution is 5.81. The third-order valence-corrected chi connectivity index (χ3v) is 2.33. The molecule has 0 saturated heterocycles. The second-order valence-corrected chi connectivity index (χ2v) is 5.02. The summed E-state index contributed by atoms with van der Waals surface area (Å²) in [4.78, 5) is 11.7. The Kier molecular flexibility index (Phi) is 2.92. The standard InChI is InChI=1S/C14H16NO2/c1-14(2,3)17-13(16)10-15-9-8-11-6-4-5-7-12(11)15/h5-9H,10H2,1-3H3. The predicted molar refractivity (Wildman–Crippen MR) is 66.6 cm³/mol. The number of nitrogens with zero attached hydrogens (tertiary/aromatic N) is 1. The molecule has 0 unspecified atom stereocenters. The summed E-state index contributed by atoms with van der Waals surface area (Å²) >= 11 is 0. The first-order valence-electron chi connectivity index (χ1n) is 5.62. The molecule has 0 aliphatic heterocycles. The summed E-state index contributed by atoms with van der Waals surface area (Å²) in [6.07, 6.45) is 1.89. The zero-order valence-electron chi connectivity index (χ0n) is 10.4. The maximum Gasteiger partial charge on any atom is 0.326 e. The number of esters is 1. The Bertz CT molecular complexity index is 534. The molecule has 0 aliphatic rings. The summed E-state index contributed by atoms with van der Waals surface area (Å²) in [5.41, 5.74) is 0.586. The lowest BCUT2D eigenvalue weighted by molar-refractivity contribution is -0.155. The van der Waals surface area contributed by atoms with Gasteiger partial charge in [0.15, 0.2) is 0 Å². The van der Waals surface area contributed by atoms with Crippen molar-refractivity contribution in [2.45, 2.75) is 32.9 Å². The third-order valence-electron chi connectivity index (χ3n) is 2.33. The lowest BCUT2D eigenvalue weighted by Crippen LogP contribution is -2.26. The van der Waals surface area contributed by atoms with Gasteiger partial charge < -0.3 is 9.30 Å². The van der Waals surface area contributed by atoms with Crippen LogP contribution in [-0.4, -0.2) is 16.1 Å². The van der Waals surface area contributed by atoms with Gasteiger partial charge in [0, 0.05) is 17.1 Å². The number of ether oxygens (including phenoxy) is 1. The second-order valence-electron chi connectivity index (χ2n) is 5.02. The molecular weight excluding hydrogens is 214 g/mol. The number of fused-ring (bicyclic) bond motifs is 1. The van der Waals surface area contributed by atoms with Gasteiger partial charge >= 0.3 is 5.97 Å². The number of aromatic nitrogens is 1. The van der Waals surface area contributed by atoms with Crippen molar-refractivity contribution < 1.29 is 9.53 Å². The Morgan fingerprint density at radius 1 is 1.41 bits per heavy atom. The first-order chi connectivity index (χ1) is 7.96. The average molecular weight is 230 g/mol. The molecule has 3 heteroatoms. The molecule has 17 heavy (non-hydrogen) atoms. The van der Waals surface area contributed by atoms with Crippen molar-refractivity contribution in [3.05, 3.63) is 36.5 Å². The lowest BCUT2D eigenvalue weighted by atomic mass is 10.2. The summed E-state index contributed by atoms with van der Waals surface area (Å²) in [5.74, 6) is -0.220. The van der Waals surface area contributed by atoms with E-state index in [2.05, 4.69) is 6.07 Å². The molecule has 0 saturated carbocycles. The van der Waals surface area contributed by atoms with Crippen LogP contribution in [-0.2, 0) is 16.1 Å². The molecule has 3 nitrogen and oxygen atoms in total. The van der Waals surface area contributed by atoms with E-state index in [0.717, 1.165) is 10.9 Å². The Labute approximate surface area is 101 Å². The normalized spacial score (nSPS) is 11.7. The highest BCUT2D eigenvalue weighted by Gasteiger charge is 2.16. The monoisotopic (exact) mass is 230 g/mol. The topological polar surface area (TPSA) is 31.2 Å². The summed E-state index contributed by atoms with van der Waals surface area (Å²) in [7, 11) is 0. The van der Waals surface area contributed by atoms with Crippen molar-refractivity contribution >= 4 is 16.9 Å². The minimum absolute atomic E-state index is 0.220. The molecule has 0 bridgehead atoms.